The van der Waals surface area contributed by atoms with Crippen molar-refractivity contribution in [1.82, 2.24) is 15.2 Å². The van der Waals surface area contributed by atoms with Gasteiger partial charge in [-0.3, -0.25) is 16.0 Å². The summed E-state index contributed by atoms with van der Waals surface area (Å²) in [5.74, 6) is 5.70. The first-order valence-corrected chi connectivity index (χ1v) is 7.57. The molecule has 0 aliphatic heterocycles. The van der Waals surface area contributed by atoms with Crippen molar-refractivity contribution in [3.05, 3.63) is 39.8 Å². The van der Waals surface area contributed by atoms with Crippen molar-refractivity contribution in [3.8, 4) is 0 Å². The lowest BCUT2D eigenvalue weighted by molar-refractivity contribution is 0.467. The van der Waals surface area contributed by atoms with Crippen LogP contribution >= 0.6 is 11.3 Å². The third-order valence-electron chi connectivity index (χ3n) is 3.54. The Hall–Kier alpha value is -1.17. The van der Waals surface area contributed by atoms with Crippen molar-refractivity contribution in [2.75, 3.05) is 0 Å². The molecule has 3 N–H and O–H groups in total. The van der Waals surface area contributed by atoms with Gasteiger partial charge in [-0.1, -0.05) is 6.92 Å². The molecule has 0 bridgehead atoms. The molecule has 0 aromatic carbocycles. The molecule has 2 rings (SSSR count). The van der Waals surface area contributed by atoms with Crippen LogP contribution in [-0.2, 0) is 6.42 Å². The molecular weight excluding hydrogens is 256 g/mol. The fourth-order valence-corrected chi connectivity index (χ4v) is 3.09. The third kappa shape index (κ3) is 3.23. The van der Waals surface area contributed by atoms with Crippen LogP contribution in [0.5, 0.6) is 0 Å². The number of nitrogens with two attached hydrogens (primary N) is 1. The highest BCUT2D eigenvalue weighted by Gasteiger charge is 2.16. The monoisotopic (exact) mass is 278 g/mol. The first-order valence-electron chi connectivity index (χ1n) is 6.69. The number of aryl methyl sites for hydroxylation is 1. The number of aromatic nitrogens is 2. The maximum Gasteiger partial charge on any atom is 0.0644 e. The van der Waals surface area contributed by atoms with Crippen molar-refractivity contribution in [2.45, 2.75) is 45.7 Å². The van der Waals surface area contributed by atoms with Gasteiger partial charge in [0.05, 0.1) is 11.7 Å². The first-order chi connectivity index (χ1) is 9.15. The molecule has 104 valence electrons. The number of hydrazine groups is 1. The number of nitrogens with one attached hydrogen (secondary N) is 1. The van der Waals surface area contributed by atoms with E-state index in [1.807, 2.05) is 4.68 Å². The van der Waals surface area contributed by atoms with E-state index in [1.54, 1.807) is 11.3 Å². The normalized spacial score (nSPS) is 14.5. The van der Waals surface area contributed by atoms with Crippen LogP contribution < -0.4 is 11.3 Å². The van der Waals surface area contributed by atoms with E-state index in [2.05, 4.69) is 55.0 Å². The van der Waals surface area contributed by atoms with Gasteiger partial charge in [-0.2, -0.15) is 5.10 Å². The molecule has 0 saturated carbocycles. The second-order valence-electron chi connectivity index (χ2n) is 4.94. The van der Waals surface area contributed by atoms with Gasteiger partial charge in [0.1, 0.15) is 0 Å². The van der Waals surface area contributed by atoms with Gasteiger partial charge in [0.2, 0.25) is 0 Å². The molecule has 2 unspecified atom stereocenters. The fraction of sp³-hybridized carbons (Fsp3) is 0.500. The summed E-state index contributed by atoms with van der Waals surface area (Å²) in [5.41, 5.74) is 5.27. The quantitative estimate of drug-likeness (QED) is 0.631. The van der Waals surface area contributed by atoms with Crippen molar-refractivity contribution < 1.29 is 0 Å². The van der Waals surface area contributed by atoms with E-state index in [0.29, 0.717) is 6.04 Å². The molecule has 0 aliphatic rings. The van der Waals surface area contributed by atoms with Crippen molar-refractivity contribution in [1.29, 1.82) is 0 Å². The van der Waals surface area contributed by atoms with Gasteiger partial charge in [0.25, 0.3) is 0 Å². The lowest BCUT2D eigenvalue weighted by atomic mass is 10.1. The van der Waals surface area contributed by atoms with Crippen LogP contribution in [0.2, 0.25) is 0 Å². The highest BCUT2D eigenvalue weighted by molar-refractivity contribution is 7.10. The molecule has 2 heterocycles. The van der Waals surface area contributed by atoms with Gasteiger partial charge >= 0.3 is 0 Å². The number of hydrogen-bond donors (Lipinski definition) is 2. The van der Waals surface area contributed by atoms with E-state index < -0.39 is 0 Å². The van der Waals surface area contributed by atoms with Gasteiger partial charge in [-0.15, -0.1) is 11.3 Å². The lowest BCUT2D eigenvalue weighted by Gasteiger charge is -2.14. The van der Waals surface area contributed by atoms with Crippen LogP contribution in [0.3, 0.4) is 0 Å². The minimum atomic E-state index is 0.139. The zero-order chi connectivity index (χ0) is 13.8. The van der Waals surface area contributed by atoms with Crippen molar-refractivity contribution in [3.63, 3.8) is 0 Å². The summed E-state index contributed by atoms with van der Waals surface area (Å²) in [6.45, 7) is 6.47. The Morgan fingerprint density at radius 2 is 2.26 bits per heavy atom. The minimum Gasteiger partial charge on any atom is -0.271 e. The molecule has 0 spiro atoms. The molecule has 0 saturated heterocycles. The molecule has 2 aromatic rings. The van der Waals surface area contributed by atoms with Crippen LogP contribution in [0.1, 0.15) is 48.5 Å². The third-order valence-corrected chi connectivity index (χ3v) is 4.67. The average molecular weight is 278 g/mol. The summed E-state index contributed by atoms with van der Waals surface area (Å²) in [4.78, 5) is 1.29. The number of hydrogen-bond acceptors (Lipinski definition) is 4. The van der Waals surface area contributed by atoms with Gasteiger partial charge in [0.15, 0.2) is 0 Å². The summed E-state index contributed by atoms with van der Waals surface area (Å²) < 4.78 is 2.03. The Kier molecular flexibility index (Phi) is 4.74. The number of rotatable bonds is 6. The Labute approximate surface area is 118 Å². The average Bonchev–Trinajstić information content (AvgIpc) is 3.04. The van der Waals surface area contributed by atoms with Crippen LogP contribution in [-0.4, -0.2) is 9.78 Å². The van der Waals surface area contributed by atoms with Crippen molar-refractivity contribution >= 4 is 11.3 Å². The van der Waals surface area contributed by atoms with E-state index in [-0.39, 0.29) is 6.04 Å². The summed E-state index contributed by atoms with van der Waals surface area (Å²) in [7, 11) is 0. The second-order valence-corrected chi connectivity index (χ2v) is 5.88. The first kappa shape index (κ1) is 14.2. The summed E-state index contributed by atoms with van der Waals surface area (Å²) in [5, 5.41) is 6.74. The smallest absolute Gasteiger partial charge is 0.0644 e. The summed E-state index contributed by atoms with van der Waals surface area (Å²) >= 11 is 1.74. The Morgan fingerprint density at radius 1 is 1.47 bits per heavy atom. The minimum absolute atomic E-state index is 0.139. The van der Waals surface area contributed by atoms with E-state index in [4.69, 9.17) is 5.84 Å². The van der Waals surface area contributed by atoms with Crippen LogP contribution in [0.4, 0.5) is 0 Å². The van der Waals surface area contributed by atoms with Crippen LogP contribution in [0.25, 0.3) is 0 Å². The molecule has 5 heteroatoms. The molecule has 4 nitrogen and oxygen atoms in total. The molecule has 2 aromatic heterocycles. The van der Waals surface area contributed by atoms with Gasteiger partial charge in [0, 0.05) is 23.5 Å². The Balaban J connectivity index is 2.11. The zero-order valence-electron chi connectivity index (χ0n) is 11.8. The molecule has 0 radical (unpaired) electrons. The lowest BCUT2D eigenvalue weighted by Crippen LogP contribution is -2.29. The SMILES string of the molecule is CCC(C)n1ccc(CC(NN)c2sccc2C)n1. The predicted molar refractivity (Wildman–Crippen MR) is 80.1 cm³/mol. The largest absolute Gasteiger partial charge is 0.271 e. The molecule has 19 heavy (non-hydrogen) atoms. The van der Waals surface area contributed by atoms with E-state index in [0.717, 1.165) is 18.5 Å². The maximum absolute atomic E-state index is 5.70. The fourth-order valence-electron chi connectivity index (χ4n) is 2.10. The van der Waals surface area contributed by atoms with E-state index in [9.17, 15) is 0 Å². The van der Waals surface area contributed by atoms with Crippen LogP contribution in [0, 0.1) is 6.92 Å². The Morgan fingerprint density at radius 3 is 2.84 bits per heavy atom. The maximum atomic E-state index is 5.70. The van der Waals surface area contributed by atoms with Gasteiger partial charge in [-0.25, -0.2) is 0 Å². The molecule has 0 fully saturated rings. The second kappa shape index (κ2) is 6.32. The Bertz CT molecular complexity index is 517. The van der Waals surface area contributed by atoms with Gasteiger partial charge in [-0.05, 0) is 43.3 Å². The highest BCUT2D eigenvalue weighted by atomic mass is 32.1. The summed E-state index contributed by atoms with van der Waals surface area (Å²) in [6, 6.07) is 4.79. The molecule has 0 aliphatic carbocycles. The van der Waals surface area contributed by atoms with Gasteiger partial charge < -0.3 is 0 Å². The van der Waals surface area contributed by atoms with Crippen molar-refractivity contribution in [2.24, 2.45) is 5.84 Å². The van der Waals surface area contributed by atoms with Crippen LogP contribution in [0.15, 0.2) is 23.7 Å². The molecule has 2 atom stereocenters. The standard InChI is InChI=1S/C14H22N4S/c1-4-11(3)18-7-5-12(17-18)9-13(16-15)14-10(2)6-8-19-14/h5-8,11,13,16H,4,9,15H2,1-3H3. The number of thiophene rings is 1. The van der Waals surface area contributed by atoms with E-state index >= 15 is 0 Å². The number of nitrogens with zero attached hydrogens (tertiary/aromatic N) is 2. The summed E-state index contributed by atoms with van der Waals surface area (Å²) in [6.07, 6.45) is 3.96. The van der Waals surface area contributed by atoms with E-state index in [1.165, 1.54) is 10.4 Å². The zero-order valence-corrected chi connectivity index (χ0v) is 12.6. The molecular formula is C14H22N4S. The topological polar surface area (TPSA) is 55.9 Å². The molecule has 0 amide bonds. The highest BCUT2D eigenvalue weighted by Crippen LogP contribution is 2.26. The predicted octanol–water partition coefficient (Wildman–Crippen LogP) is 2.97.